The van der Waals surface area contributed by atoms with Crippen molar-refractivity contribution in [3.05, 3.63) is 48.0 Å². The van der Waals surface area contributed by atoms with Gasteiger partial charge in [0.15, 0.2) is 5.90 Å². The van der Waals surface area contributed by atoms with E-state index in [1.54, 1.807) is 6.33 Å². The van der Waals surface area contributed by atoms with E-state index >= 15 is 0 Å². The van der Waals surface area contributed by atoms with Crippen molar-refractivity contribution >= 4 is 5.90 Å². The summed E-state index contributed by atoms with van der Waals surface area (Å²) in [6.07, 6.45) is 7.31. The Morgan fingerprint density at radius 2 is 2.00 bits per heavy atom. The number of benzene rings is 1. The number of hydrogen-bond donors (Lipinski definition) is 0. The van der Waals surface area contributed by atoms with E-state index in [9.17, 15) is 0 Å². The number of nitrogens with zero attached hydrogens (tertiary/aromatic N) is 3. The minimum Gasteiger partial charge on any atom is -0.476 e. The normalized spacial score (nSPS) is 26.6. The molecule has 2 atom stereocenters. The Morgan fingerprint density at radius 3 is 2.71 bits per heavy atom. The summed E-state index contributed by atoms with van der Waals surface area (Å²) >= 11 is 0. The summed E-state index contributed by atoms with van der Waals surface area (Å²) in [5, 5.41) is 0. The van der Waals surface area contributed by atoms with Crippen molar-refractivity contribution in [2.45, 2.75) is 38.3 Å². The summed E-state index contributed by atoms with van der Waals surface area (Å²) in [6, 6.07) is 6.46. The minimum absolute atomic E-state index is 0.127. The first-order valence-corrected chi connectivity index (χ1v) is 7.27. The smallest absolute Gasteiger partial charge is 0.181 e. The first kappa shape index (κ1) is 12.5. The highest BCUT2D eigenvalue weighted by Gasteiger charge is 2.47. The highest BCUT2D eigenvalue weighted by atomic mass is 16.5. The average Bonchev–Trinajstić information content (AvgIpc) is 2.99. The van der Waals surface area contributed by atoms with Crippen molar-refractivity contribution in [2.24, 2.45) is 4.99 Å². The van der Waals surface area contributed by atoms with Gasteiger partial charge in [0.05, 0.1) is 0 Å². The molecule has 4 rings (SSSR count). The van der Waals surface area contributed by atoms with E-state index in [-0.39, 0.29) is 11.6 Å². The topological polar surface area (TPSA) is 47.4 Å². The molecule has 0 amide bonds. The van der Waals surface area contributed by atoms with Crippen molar-refractivity contribution in [1.29, 1.82) is 0 Å². The van der Waals surface area contributed by atoms with Gasteiger partial charge in [-0.3, -0.25) is 0 Å². The molecule has 2 heterocycles. The molecule has 2 aromatic rings. The highest BCUT2D eigenvalue weighted by Crippen LogP contribution is 2.43. The van der Waals surface area contributed by atoms with E-state index in [4.69, 9.17) is 9.73 Å². The summed E-state index contributed by atoms with van der Waals surface area (Å²) in [5.41, 5.74) is 4.89. The SMILES string of the molecule is CC1=N[C@@]2(Cc3cccc(-c4cncnc4)c3C2)[C@@H](C)O1. The Balaban J connectivity index is 1.81. The van der Waals surface area contributed by atoms with Gasteiger partial charge < -0.3 is 4.74 Å². The number of ether oxygens (including phenoxy) is 1. The largest absolute Gasteiger partial charge is 0.476 e. The second kappa shape index (κ2) is 4.38. The molecule has 1 aromatic heterocycles. The van der Waals surface area contributed by atoms with Crippen LogP contribution in [0.2, 0.25) is 0 Å². The van der Waals surface area contributed by atoms with Gasteiger partial charge in [-0.15, -0.1) is 0 Å². The summed E-state index contributed by atoms with van der Waals surface area (Å²) in [6.45, 7) is 4.07. The van der Waals surface area contributed by atoms with E-state index in [0.29, 0.717) is 0 Å². The molecule has 106 valence electrons. The second-order valence-corrected chi connectivity index (χ2v) is 5.92. The summed E-state index contributed by atoms with van der Waals surface area (Å²) < 4.78 is 5.80. The van der Waals surface area contributed by atoms with Gasteiger partial charge in [-0.05, 0) is 23.6 Å². The van der Waals surface area contributed by atoms with E-state index < -0.39 is 0 Å². The fourth-order valence-electron chi connectivity index (χ4n) is 3.58. The zero-order valence-corrected chi connectivity index (χ0v) is 12.2. The fourth-order valence-corrected chi connectivity index (χ4v) is 3.58. The molecule has 0 bridgehead atoms. The second-order valence-electron chi connectivity index (χ2n) is 5.92. The minimum atomic E-state index is -0.127. The molecule has 0 saturated heterocycles. The van der Waals surface area contributed by atoms with Crippen LogP contribution in [0.3, 0.4) is 0 Å². The molecular formula is C17H17N3O. The van der Waals surface area contributed by atoms with Gasteiger partial charge in [0, 0.05) is 37.7 Å². The van der Waals surface area contributed by atoms with Crippen LogP contribution < -0.4 is 0 Å². The molecule has 1 spiro atoms. The number of fused-ring (bicyclic) bond motifs is 1. The van der Waals surface area contributed by atoms with E-state index in [1.165, 1.54) is 16.7 Å². The van der Waals surface area contributed by atoms with Crippen LogP contribution in [0.4, 0.5) is 0 Å². The molecule has 0 N–H and O–H groups in total. The Morgan fingerprint density at radius 1 is 1.19 bits per heavy atom. The molecule has 2 aliphatic rings. The van der Waals surface area contributed by atoms with Crippen LogP contribution in [0.25, 0.3) is 11.1 Å². The number of aromatic nitrogens is 2. The van der Waals surface area contributed by atoms with E-state index in [0.717, 1.165) is 24.3 Å². The fraction of sp³-hybridized carbons (Fsp3) is 0.353. The lowest BCUT2D eigenvalue weighted by atomic mass is 9.90. The van der Waals surface area contributed by atoms with Crippen LogP contribution in [-0.2, 0) is 17.6 Å². The quantitative estimate of drug-likeness (QED) is 0.806. The van der Waals surface area contributed by atoms with Crippen molar-refractivity contribution in [2.75, 3.05) is 0 Å². The molecule has 4 heteroatoms. The summed E-state index contributed by atoms with van der Waals surface area (Å²) in [5.74, 6) is 0.805. The zero-order chi connectivity index (χ0) is 14.4. The Labute approximate surface area is 123 Å². The lowest BCUT2D eigenvalue weighted by Gasteiger charge is -2.23. The molecule has 21 heavy (non-hydrogen) atoms. The lowest BCUT2D eigenvalue weighted by molar-refractivity contribution is 0.158. The van der Waals surface area contributed by atoms with Crippen molar-refractivity contribution in [3.63, 3.8) is 0 Å². The number of aliphatic imine (C=N–C) groups is 1. The Hall–Kier alpha value is -2.23. The zero-order valence-electron chi connectivity index (χ0n) is 12.2. The molecule has 1 aliphatic carbocycles. The van der Waals surface area contributed by atoms with Gasteiger partial charge in [-0.1, -0.05) is 18.2 Å². The van der Waals surface area contributed by atoms with Crippen LogP contribution in [0.1, 0.15) is 25.0 Å². The molecule has 0 fully saturated rings. The van der Waals surface area contributed by atoms with Gasteiger partial charge in [0.1, 0.15) is 18.0 Å². The molecule has 1 aromatic carbocycles. The van der Waals surface area contributed by atoms with Crippen LogP contribution in [0.15, 0.2) is 41.9 Å². The molecule has 4 nitrogen and oxygen atoms in total. The van der Waals surface area contributed by atoms with Gasteiger partial charge in [-0.2, -0.15) is 0 Å². The molecular weight excluding hydrogens is 262 g/mol. The number of hydrogen-bond acceptors (Lipinski definition) is 4. The third-order valence-corrected chi connectivity index (χ3v) is 4.61. The predicted molar refractivity (Wildman–Crippen MR) is 81.3 cm³/mol. The van der Waals surface area contributed by atoms with Crippen LogP contribution in [0, 0.1) is 0 Å². The molecule has 1 aliphatic heterocycles. The molecule has 0 saturated carbocycles. The third-order valence-electron chi connectivity index (χ3n) is 4.61. The maximum atomic E-state index is 5.80. The van der Waals surface area contributed by atoms with E-state index in [1.807, 2.05) is 19.3 Å². The Kier molecular flexibility index (Phi) is 2.61. The van der Waals surface area contributed by atoms with Gasteiger partial charge in [0.25, 0.3) is 0 Å². The van der Waals surface area contributed by atoms with Crippen molar-refractivity contribution < 1.29 is 4.74 Å². The molecule has 0 unspecified atom stereocenters. The van der Waals surface area contributed by atoms with E-state index in [2.05, 4.69) is 35.1 Å². The lowest BCUT2D eigenvalue weighted by Crippen LogP contribution is -2.36. The maximum absolute atomic E-state index is 5.80. The van der Waals surface area contributed by atoms with Crippen LogP contribution in [0.5, 0.6) is 0 Å². The van der Waals surface area contributed by atoms with Crippen LogP contribution in [-0.4, -0.2) is 27.5 Å². The maximum Gasteiger partial charge on any atom is 0.181 e. The standard InChI is InChI=1S/C17H17N3O/c1-11-17(20-12(2)21-11)6-13-4-3-5-15(16(13)7-17)14-8-18-10-19-9-14/h3-5,8-11H,6-7H2,1-2H3/t11-,17-/m1/s1. The summed E-state index contributed by atoms with van der Waals surface area (Å²) in [4.78, 5) is 13.1. The number of rotatable bonds is 1. The highest BCUT2D eigenvalue weighted by molar-refractivity contribution is 5.77. The average molecular weight is 279 g/mol. The van der Waals surface area contributed by atoms with Gasteiger partial charge >= 0.3 is 0 Å². The summed E-state index contributed by atoms with van der Waals surface area (Å²) in [7, 11) is 0. The molecule has 0 radical (unpaired) electrons. The monoisotopic (exact) mass is 279 g/mol. The van der Waals surface area contributed by atoms with Gasteiger partial charge in [0.2, 0.25) is 0 Å². The van der Waals surface area contributed by atoms with Crippen molar-refractivity contribution in [1.82, 2.24) is 9.97 Å². The van der Waals surface area contributed by atoms with Gasteiger partial charge in [-0.25, -0.2) is 15.0 Å². The van der Waals surface area contributed by atoms with Crippen LogP contribution >= 0.6 is 0 Å². The first-order valence-electron chi connectivity index (χ1n) is 7.27. The predicted octanol–water partition coefficient (Wildman–Crippen LogP) is 2.82. The first-order chi connectivity index (χ1) is 10.2. The van der Waals surface area contributed by atoms with Crippen molar-refractivity contribution in [3.8, 4) is 11.1 Å². The Bertz CT molecular complexity index is 726. The third kappa shape index (κ3) is 1.86.